The van der Waals surface area contributed by atoms with Crippen LogP contribution in [-0.2, 0) is 5.41 Å². The van der Waals surface area contributed by atoms with E-state index in [1.165, 1.54) is 6.21 Å². The lowest BCUT2D eigenvalue weighted by molar-refractivity contribution is 0.368. The van der Waals surface area contributed by atoms with E-state index in [4.69, 9.17) is 19.7 Å². The van der Waals surface area contributed by atoms with Crippen LogP contribution in [0.1, 0.15) is 37.0 Å². The van der Waals surface area contributed by atoms with Crippen LogP contribution in [0.3, 0.4) is 0 Å². The van der Waals surface area contributed by atoms with Gasteiger partial charge in [-0.1, -0.05) is 19.9 Å². The molecule has 18 heavy (non-hydrogen) atoms. The van der Waals surface area contributed by atoms with Gasteiger partial charge in [0.25, 0.3) is 0 Å². The van der Waals surface area contributed by atoms with Gasteiger partial charge >= 0.3 is 8.60 Å². The molecule has 0 aromatic heterocycles. The first-order chi connectivity index (χ1) is 8.27. The van der Waals surface area contributed by atoms with Crippen LogP contribution in [0.15, 0.2) is 12.1 Å². The van der Waals surface area contributed by atoms with Gasteiger partial charge in [-0.3, -0.25) is 0 Å². The normalized spacial score (nSPS) is 11.7. The van der Waals surface area contributed by atoms with Crippen molar-refractivity contribution < 1.29 is 14.3 Å². The van der Waals surface area contributed by atoms with Gasteiger partial charge in [0.15, 0.2) is 0 Å². The lowest BCUT2D eigenvalue weighted by Crippen LogP contribution is -2.20. The van der Waals surface area contributed by atoms with E-state index in [-0.39, 0.29) is 5.41 Å². The van der Waals surface area contributed by atoms with Crippen molar-refractivity contribution in [3.8, 4) is 5.75 Å². The maximum atomic E-state index is 9.06. The minimum Gasteiger partial charge on any atom is -0.427 e. The summed E-state index contributed by atoms with van der Waals surface area (Å²) in [6, 6.07) is 3.83. The Morgan fingerprint density at radius 3 is 2.44 bits per heavy atom. The van der Waals surface area contributed by atoms with Gasteiger partial charge in [-0.15, -0.1) is 0 Å². The average Bonchev–Trinajstić information content (AvgIpc) is 2.13. The van der Waals surface area contributed by atoms with Crippen LogP contribution in [0.5, 0.6) is 5.75 Å². The van der Waals surface area contributed by atoms with Gasteiger partial charge in [0.1, 0.15) is 5.75 Å². The van der Waals surface area contributed by atoms with Gasteiger partial charge in [0, 0.05) is 5.56 Å². The van der Waals surface area contributed by atoms with Crippen molar-refractivity contribution in [1.82, 2.24) is 0 Å². The monoisotopic (exact) mass is 269 g/mol. The minimum absolute atomic E-state index is 0.278. The van der Waals surface area contributed by atoms with E-state index >= 15 is 0 Å². The first-order valence-electron chi connectivity index (χ1n) is 5.74. The topological polar surface area (TPSA) is 73.5 Å². The Labute approximate surface area is 109 Å². The zero-order chi connectivity index (χ0) is 13.9. The number of aryl methyl sites for hydroxylation is 2. The van der Waals surface area contributed by atoms with E-state index in [0.717, 1.165) is 16.7 Å². The van der Waals surface area contributed by atoms with Crippen LogP contribution in [0.25, 0.3) is 0 Å². The summed E-state index contributed by atoms with van der Waals surface area (Å²) in [6.07, 6.45) is 1.94. The van der Waals surface area contributed by atoms with E-state index in [1.807, 2.05) is 33.8 Å². The van der Waals surface area contributed by atoms with E-state index in [0.29, 0.717) is 12.2 Å². The SMILES string of the molecule is Cc1cc(C)c(C(C)(C)CC=N)c(OP(O)O)c1. The number of benzene rings is 1. The van der Waals surface area contributed by atoms with Crippen LogP contribution in [0, 0.1) is 19.3 Å². The summed E-state index contributed by atoms with van der Waals surface area (Å²) in [4.78, 5) is 18.1. The van der Waals surface area contributed by atoms with Gasteiger partial charge < -0.3 is 19.7 Å². The molecule has 1 aromatic rings. The molecule has 100 valence electrons. The highest BCUT2D eigenvalue weighted by Crippen LogP contribution is 2.41. The van der Waals surface area contributed by atoms with E-state index in [1.54, 1.807) is 6.07 Å². The molecule has 0 unspecified atom stereocenters. The fourth-order valence-corrected chi connectivity index (χ4v) is 2.63. The summed E-state index contributed by atoms with van der Waals surface area (Å²) >= 11 is 0. The molecule has 0 aliphatic carbocycles. The van der Waals surface area contributed by atoms with Crippen LogP contribution in [0.2, 0.25) is 0 Å². The number of hydrogen-bond donors (Lipinski definition) is 3. The highest BCUT2D eigenvalue weighted by molar-refractivity contribution is 7.39. The molecule has 0 aliphatic rings. The van der Waals surface area contributed by atoms with Crippen molar-refractivity contribution in [3.63, 3.8) is 0 Å². The summed E-state index contributed by atoms with van der Waals surface area (Å²) in [6.45, 7) is 7.93. The van der Waals surface area contributed by atoms with E-state index < -0.39 is 8.60 Å². The molecule has 5 heteroatoms. The molecule has 0 radical (unpaired) electrons. The largest absolute Gasteiger partial charge is 0.427 e. The number of nitrogens with one attached hydrogen (secondary N) is 1. The minimum atomic E-state index is -2.43. The molecule has 0 amide bonds. The predicted octanol–water partition coefficient (Wildman–Crippen LogP) is 3.21. The van der Waals surface area contributed by atoms with Crippen molar-refractivity contribution in [2.45, 2.75) is 39.5 Å². The lowest BCUT2D eigenvalue weighted by Gasteiger charge is -2.28. The van der Waals surface area contributed by atoms with Crippen LogP contribution < -0.4 is 4.52 Å². The summed E-state index contributed by atoms with van der Waals surface area (Å²) < 4.78 is 5.14. The Hall–Kier alpha value is -0.960. The molecule has 0 bridgehead atoms. The molecule has 4 nitrogen and oxygen atoms in total. The summed E-state index contributed by atoms with van der Waals surface area (Å²) in [5.41, 5.74) is 2.69. The van der Waals surface area contributed by atoms with Crippen LogP contribution in [-0.4, -0.2) is 16.0 Å². The van der Waals surface area contributed by atoms with Crippen molar-refractivity contribution in [1.29, 1.82) is 5.41 Å². The number of rotatable bonds is 5. The fraction of sp³-hybridized carbons (Fsp3) is 0.462. The molecule has 3 N–H and O–H groups in total. The molecule has 1 aromatic carbocycles. The Morgan fingerprint density at radius 1 is 1.33 bits per heavy atom. The second-order valence-corrected chi connectivity index (χ2v) is 5.78. The van der Waals surface area contributed by atoms with Gasteiger partial charge in [0.2, 0.25) is 0 Å². The second-order valence-electron chi connectivity index (χ2n) is 5.09. The van der Waals surface area contributed by atoms with Crippen molar-refractivity contribution in [2.75, 3.05) is 0 Å². The van der Waals surface area contributed by atoms with Gasteiger partial charge in [-0.05, 0) is 49.1 Å². The van der Waals surface area contributed by atoms with Gasteiger partial charge in [-0.25, -0.2) is 0 Å². The molecular formula is C13H20NO3P. The molecule has 0 aliphatic heterocycles. The Balaban J connectivity index is 3.35. The molecular weight excluding hydrogens is 249 g/mol. The Kier molecular flexibility index (Phi) is 4.85. The molecule has 0 saturated carbocycles. The standard InChI is InChI=1S/C13H20NO3P/c1-9-7-10(2)12(13(3,4)5-6-14)11(8-9)17-18(15)16/h6-8,14-16H,5H2,1-4H3. The third-order valence-corrected chi connectivity index (χ3v) is 3.27. The Bertz CT molecular complexity index is 444. The Morgan fingerprint density at radius 2 is 1.94 bits per heavy atom. The van der Waals surface area contributed by atoms with E-state index in [9.17, 15) is 0 Å². The first kappa shape index (κ1) is 15.1. The molecule has 1 rings (SSSR count). The van der Waals surface area contributed by atoms with Gasteiger partial charge in [-0.2, -0.15) is 0 Å². The maximum Gasteiger partial charge on any atom is 0.391 e. The summed E-state index contributed by atoms with van der Waals surface area (Å²) in [7, 11) is -2.43. The van der Waals surface area contributed by atoms with Gasteiger partial charge in [0.05, 0.1) is 0 Å². The molecule has 0 saturated heterocycles. The van der Waals surface area contributed by atoms with Crippen LogP contribution >= 0.6 is 8.60 Å². The molecule has 0 fully saturated rings. The third kappa shape index (κ3) is 3.52. The highest BCUT2D eigenvalue weighted by Gasteiger charge is 2.27. The third-order valence-electron chi connectivity index (χ3n) is 2.91. The highest BCUT2D eigenvalue weighted by atomic mass is 31.2. The predicted molar refractivity (Wildman–Crippen MR) is 74.3 cm³/mol. The molecule has 0 heterocycles. The maximum absolute atomic E-state index is 9.06. The number of hydrogen-bond acceptors (Lipinski definition) is 4. The molecule has 0 atom stereocenters. The van der Waals surface area contributed by atoms with Crippen molar-refractivity contribution in [2.24, 2.45) is 0 Å². The smallest absolute Gasteiger partial charge is 0.391 e. The van der Waals surface area contributed by atoms with Crippen molar-refractivity contribution >= 4 is 14.8 Å². The zero-order valence-corrected chi connectivity index (χ0v) is 12.1. The summed E-state index contributed by atoms with van der Waals surface area (Å²) in [5.74, 6) is 0.496. The van der Waals surface area contributed by atoms with E-state index in [2.05, 4.69) is 0 Å². The average molecular weight is 269 g/mol. The lowest BCUT2D eigenvalue weighted by atomic mass is 9.78. The van der Waals surface area contributed by atoms with Crippen LogP contribution in [0.4, 0.5) is 0 Å². The zero-order valence-electron chi connectivity index (χ0n) is 11.2. The summed E-state index contributed by atoms with van der Waals surface area (Å²) in [5, 5.41) is 7.27. The first-order valence-corrected chi connectivity index (χ1v) is 6.91. The quantitative estimate of drug-likeness (QED) is 0.567. The fourth-order valence-electron chi connectivity index (χ4n) is 2.31. The van der Waals surface area contributed by atoms with Crippen molar-refractivity contribution in [3.05, 3.63) is 28.8 Å². The second kappa shape index (κ2) is 5.79. The molecule has 0 spiro atoms.